The number of benzene rings is 1. The molecule has 0 fully saturated rings. The SMILES string of the molecule is Cc1cccc(CS(=O)(=O)NCCCN(C)C)c1. The van der Waals surface area contributed by atoms with Crippen LogP contribution in [0.2, 0.25) is 0 Å². The molecule has 0 aliphatic heterocycles. The van der Waals surface area contributed by atoms with Crippen molar-refractivity contribution in [3.05, 3.63) is 35.4 Å². The van der Waals surface area contributed by atoms with Crippen molar-refractivity contribution < 1.29 is 8.42 Å². The number of hydrogen-bond donors (Lipinski definition) is 1. The Kier molecular flexibility index (Phi) is 5.78. The third kappa shape index (κ3) is 6.14. The van der Waals surface area contributed by atoms with Gasteiger partial charge < -0.3 is 4.90 Å². The van der Waals surface area contributed by atoms with E-state index in [2.05, 4.69) is 4.72 Å². The normalized spacial score (nSPS) is 12.0. The van der Waals surface area contributed by atoms with Crippen LogP contribution in [0.5, 0.6) is 0 Å². The number of rotatable bonds is 7. The van der Waals surface area contributed by atoms with Crippen LogP contribution in [0.15, 0.2) is 24.3 Å². The van der Waals surface area contributed by atoms with E-state index >= 15 is 0 Å². The Labute approximate surface area is 110 Å². The first-order valence-electron chi connectivity index (χ1n) is 6.07. The molecule has 1 aromatic rings. The zero-order chi connectivity index (χ0) is 13.6. The van der Waals surface area contributed by atoms with Crippen molar-refractivity contribution in [3.8, 4) is 0 Å². The van der Waals surface area contributed by atoms with E-state index < -0.39 is 10.0 Å². The number of sulfonamides is 1. The molecule has 0 unspecified atom stereocenters. The van der Waals surface area contributed by atoms with Gasteiger partial charge in [-0.25, -0.2) is 13.1 Å². The molecule has 102 valence electrons. The maximum absolute atomic E-state index is 11.8. The first kappa shape index (κ1) is 15.1. The molecule has 0 saturated heterocycles. The second kappa shape index (κ2) is 6.87. The number of aryl methyl sites for hydroxylation is 1. The van der Waals surface area contributed by atoms with E-state index in [0.29, 0.717) is 6.54 Å². The van der Waals surface area contributed by atoms with Crippen molar-refractivity contribution in [2.75, 3.05) is 27.2 Å². The molecule has 4 nitrogen and oxygen atoms in total. The van der Waals surface area contributed by atoms with Gasteiger partial charge in [-0.3, -0.25) is 0 Å². The van der Waals surface area contributed by atoms with Crippen LogP contribution in [0, 0.1) is 6.92 Å². The fourth-order valence-electron chi connectivity index (χ4n) is 1.70. The summed E-state index contributed by atoms with van der Waals surface area (Å²) in [5.74, 6) is 0.0522. The topological polar surface area (TPSA) is 49.4 Å². The average Bonchev–Trinajstić information content (AvgIpc) is 2.23. The van der Waals surface area contributed by atoms with E-state index in [1.807, 2.05) is 50.2 Å². The van der Waals surface area contributed by atoms with Crippen molar-refractivity contribution in [3.63, 3.8) is 0 Å². The Bertz CT molecular complexity index is 470. The third-order valence-electron chi connectivity index (χ3n) is 2.54. The molecule has 1 aromatic carbocycles. The summed E-state index contributed by atoms with van der Waals surface area (Å²) in [7, 11) is 0.729. The van der Waals surface area contributed by atoms with Crippen LogP contribution in [0.1, 0.15) is 17.5 Å². The zero-order valence-corrected chi connectivity index (χ0v) is 12.1. The van der Waals surface area contributed by atoms with Crippen molar-refractivity contribution in [2.24, 2.45) is 0 Å². The van der Waals surface area contributed by atoms with Gasteiger partial charge in [0.2, 0.25) is 10.0 Å². The lowest BCUT2D eigenvalue weighted by atomic mass is 10.2. The first-order valence-corrected chi connectivity index (χ1v) is 7.72. The summed E-state index contributed by atoms with van der Waals surface area (Å²) in [5.41, 5.74) is 1.91. The second-order valence-electron chi connectivity index (χ2n) is 4.80. The molecule has 0 amide bonds. The molecule has 1 rings (SSSR count). The lowest BCUT2D eigenvalue weighted by molar-refractivity contribution is 0.400. The molecule has 0 atom stereocenters. The van der Waals surface area contributed by atoms with E-state index in [-0.39, 0.29) is 5.75 Å². The Morgan fingerprint density at radius 2 is 2.00 bits per heavy atom. The van der Waals surface area contributed by atoms with Crippen LogP contribution in [0.25, 0.3) is 0 Å². The summed E-state index contributed by atoms with van der Waals surface area (Å²) in [6.07, 6.45) is 0.819. The quantitative estimate of drug-likeness (QED) is 0.761. The molecular formula is C13H22N2O2S. The van der Waals surface area contributed by atoms with Crippen molar-refractivity contribution in [1.82, 2.24) is 9.62 Å². The van der Waals surface area contributed by atoms with Gasteiger partial charge in [0, 0.05) is 6.54 Å². The van der Waals surface area contributed by atoms with Gasteiger partial charge in [-0.2, -0.15) is 0 Å². The molecule has 0 aromatic heterocycles. The van der Waals surface area contributed by atoms with Gasteiger partial charge in [0.1, 0.15) is 0 Å². The van der Waals surface area contributed by atoms with Gasteiger partial charge in [0.15, 0.2) is 0 Å². The molecule has 0 aliphatic carbocycles. The van der Waals surface area contributed by atoms with Crippen LogP contribution in [-0.2, 0) is 15.8 Å². The third-order valence-corrected chi connectivity index (χ3v) is 3.90. The first-order chi connectivity index (χ1) is 8.39. The fraction of sp³-hybridized carbons (Fsp3) is 0.538. The van der Waals surface area contributed by atoms with Crippen molar-refractivity contribution >= 4 is 10.0 Å². The minimum Gasteiger partial charge on any atom is -0.309 e. The highest BCUT2D eigenvalue weighted by molar-refractivity contribution is 7.88. The molecule has 18 heavy (non-hydrogen) atoms. The van der Waals surface area contributed by atoms with Crippen LogP contribution in [0.3, 0.4) is 0 Å². The number of nitrogens with one attached hydrogen (secondary N) is 1. The average molecular weight is 270 g/mol. The molecule has 0 bridgehead atoms. The van der Waals surface area contributed by atoms with E-state index in [1.165, 1.54) is 0 Å². The molecule has 0 spiro atoms. The predicted molar refractivity (Wildman–Crippen MR) is 75.0 cm³/mol. The zero-order valence-electron chi connectivity index (χ0n) is 11.3. The Balaban J connectivity index is 2.45. The van der Waals surface area contributed by atoms with Crippen LogP contribution in [-0.4, -0.2) is 40.5 Å². The van der Waals surface area contributed by atoms with Gasteiger partial charge in [0.25, 0.3) is 0 Å². The lowest BCUT2D eigenvalue weighted by Gasteiger charge is -2.10. The molecular weight excluding hydrogens is 248 g/mol. The van der Waals surface area contributed by atoms with Gasteiger partial charge in [-0.05, 0) is 39.5 Å². The predicted octanol–water partition coefficient (Wildman–Crippen LogP) is 1.37. The van der Waals surface area contributed by atoms with Gasteiger partial charge in [-0.15, -0.1) is 0 Å². The summed E-state index contributed by atoms with van der Waals surface area (Å²) < 4.78 is 26.3. The molecule has 0 heterocycles. The van der Waals surface area contributed by atoms with Gasteiger partial charge in [0.05, 0.1) is 5.75 Å². The van der Waals surface area contributed by atoms with Gasteiger partial charge >= 0.3 is 0 Å². The summed E-state index contributed by atoms with van der Waals surface area (Å²) >= 11 is 0. The number of hydrogen-bond acceptors (Lipinski definition) is 3. The summed E-state index contributed by atoms with van der Waals surface area (Å²) in [6, 6.07) is 7.58. The molecule has 1 N–H and O–H groups in total. The molecule has 0 aliphatic rings. The molecule has 5 heteroatoms. The Morgan fingerprint density at radius 1 is 1.28 bits per heavy atom. The smallest absolute Gasteiger partial charge is 0.215 e. The summed E-state index contributed by atoms with van der Waals surface area (Å²) in [5, 5.41) is 0. The molecule has 0 saturated carbocycles. The maximum Gasteiger partial charge on any atom is 0.215 e. The van der Waals surface area contributed by atoms with Crippen LogP contribution < -0.4 is 4.72 Å². The molecule has 0 radical (unpaired) electrons. The summed E-state index contributed by atoms with van der Waals surface area (Å²) in [4.78, 5) is 2.04. The summed E-state index contributed by atoms with van der Waals surface area (Å²) in [6.45, 7) is 3.33. The van der Waals surface area contributed by atoms with Crippen molar-refractivity contribution in [1.29, 1.82) is 0 Å². The minimum absolute atomic E-state index is 0.0522. The standard InChI is InChI=1S/C13H22N2O2S/c1-12-6-4-7-13(10-12)11-18(16,17)14-8-5-9-15(2)3/h4,6-7,10,14H,5,8-9,11H2,1-3H3. The monoisotopic (exact) mass is 270 g/mol. The fourth-order valence-corrected chi connectivity index (χ4v) is 2.87. The van der Waals surface area contributed by atoms with Crippen LogP contribution in [0.4, 0.5) is 0 Å². The maximum atomic E-state index is 11.8. The minimum atomic E-state index is -3.22. The highest BCUT2D eigenvalue weighted by Gasteiger charge is 2.10. The van der Waals surface area contributed by atoms with E-state index in [0.717, 1.165) is 24.1 Å². The number of nitrogens with zero attached hydrogens (tertiary/aromatic N) is 1. The Hall–Kier alpha value is -0.910. The highest BCUT2D eigenvalue weighted by atomic mass is 32.2. The van der Waals surface area contributed by atoms with Crippen molar-refractivity contribution in [2.45, 2.75) is 19.1 Å². The lowest BCUT2D eigenvalue weighted by Crippen LogP contribution is -2.28. The van der Waals surface area contributed by atoms with E-state index in [4.69, 9.17) is 0 Å². The largest absolute Gasteiger partial charge is 0.309 e. The van der Waals surface area contributed by atoms with Gasteiger partial charge in [-0.1, -0.05) is 29.8 Å². The second-order valence-corrected chi connectivity index (χ2v) is 6.61. The van der Waals surface area contributed by atoms with Crippen LogP contribution >= 0.6 is 0 Å². The van der Waals surface area contributed by atoms with E-state index in [9.17, 15) is 8.42 Å². The van der Waals surface area contributed by atoms with E-state index in [1.54, 1.807) is 0 Å². The Morgan fingerprint density at radius 3 is 2.61 bits per heavy atom. The highest BCUT2D eigenvalue weighted by Crippen LogP contribution is 2.07.